The normalized spacial score (nSPS) is 15.1. The molecule has 3 aromatic rings. The number of aromatic nitrogens is 2. The number of rotatable bonds is 8. The fourth-order valence-corrected chi connectivity index (χ4v) is 4.19. The van der Waals surface area contributed by atoms with Crippen LogP contribution in [0.5, 0.6) is 0 Å². The molecule has 6 nitrogen and oxygen atoms in total. The van der Waals surface area contributed by atoms with Gasteiger partial charge in [-0.3, -0.25) is 4.79 Å². The average Bonchev–Trinajstić information content (AvgIpc) is 3.29. The van der Waals surface area contributed by atoms with Crippen LogP contribution < -0.4 is 5.32 Å². The van der Waals surface area contributed by atoms with Gasteiger partial charge in [0.15, 0.2) is 0 Å². The summed E-state index contributed by atoms with van der Waals surface area (Å²) in [6.07, 6.45) is 4.53. The highest BCUT2D eigenvalue weighted by Gasteiger charge is 2.19. The summed E-state index contributed by atoms with van der Waals surface area (Å²) in [5.74, 6) is 0.676. The van der Waals surface area contributed by atoms with E-state index in [0.29, 0.717) is 17.1 Å². The minimum atomic E-state index is -0.345. The van der Waals surface area contributed by atoms with E-state index in [2.05, 4.69) is 50.7 Å². The fraction of sp³-hybridized carbons (Fsp3) is 0.375. The number of piperidine rings is 1. The topological polar surface area (TPSA) is 71.3 Å². The zero-order chi connectivity index (χ0) is 21.5. The van der Waals surface area contributed by atoms with Crippen LogP contribution in [0.2, 0.25) is 5.02 Å². The quantitative estimate of drug-likeness (QED) is 0.525. The van der Waals surface area contributed by atoms with Crippen molar-refractivity contribution < 1.29 is 9.21 Å². The van der Waals surface area contributed by atoms with Gasteiger partial charge < -0.3 is 14.6 Å². The van der Waals surface area contributed by atoms with Gasteiger partial charge in [-0.25, -0.2) is 0 Å². The van der Waals surface area contributed by atoms with Gasteiger partial charge in [0, 0.05) is 17.1 Å². The number of hydrogen-bond acceptors (Lipinski definition) is 5. The molecule has 0 radical (unpaired) electrons. The van der Waals surface area contributed by atoms with Gasteiger partial charge in [0.05, 0.1) is 0 Å². The van der Waals surface area contributed by atoms with Crippen molar-refractivity contribution in [1.29, 1.82) is 0 Å². The van der Waals surface area contributed by atoms with E-state index < -0.39 is 0 Å². The van der Waals surface area contributed by atoms with E-state index in [1.54, 1.807) is 18.2 Å². The number of carbonyl (C=O) groups excluding carboxylic acids is 1. The molecule has 7 heteroatoms. The first-order valence-corrected chi connectivity index (χ1v) is 11.2. The van der Waals surface area contributed by atoms with E-state index in [0.717, 1.165) is 32.0 Å². The zero-order valence-electron chi connectivity index (χ0n) is 17.5. The van der Waals surface area contributed by atoms with Crippen molar-refractivity contribution in [2.45, 2.75) is 25.7 Å². The Morgan fingerprint density at radius 2 is 1.90 bits per heavy atom. The molecule has 0 unspecified atom stereocenters. The molecule has 31 heavy (non-hydrogen) atoms. The van der Waals surface area contributed by atoms with Crippen LogP contribution in [0.15, 0.2) is 59.0 Å². The summed E-state index contributed by atoms with van der Waals surface area (Å²) >= 11 is 5.98. The van der Waals surface area contributed by atoms with Gasteiger partial charge in [0.1, 0.15) is 0 Å². The molecule has 1 aliphatic heterocycles. The highest BCUT2D eigenvalue weighted by molar-refractivity contribution is 6.30. The van der Waals surface area contributed by atoms with Crippen molar-refractivity contribution in [3.63, 3.8) is 0 Å². The van der Waals surface area contributed by atoms with Gasteiger partial charge in [0.25, 0.3) is 0 Å². The maximum absolute atomic E-state index is 12.3. The summed E-state index contributed by atoms with van der Waals surface area (Å²) in [5.41, 5.74) is 2.12. The average molecular weight is 439 g/mol. The van der Waals surface area contributed by atoms with E-state index in [1.165, 1.54) is 24.8 Å². The number of halogens is 1. The van der Waals surface area contributed by atoms with Crippen LogP contribution in [-0.4, -0.2) is 47.2 Å². The van der Waals surface area contributed by atoms with Crippen molar-refractivity contribution in [2.24, 2.45) is 5.92 Å². The van der Waals surface area contributed by atoms with Gasteiger partial charge >= 0.3 is 11.8 Å². The number of nitrogens with zero attached hydrogens (tertiary/aromatic N) is 3. The monoisotopic (exact) mass is 438 g/mol. The molecule has 2 heterocycles. The largest absolute Gasteiger partial charge is 0.412 e. The molecule has 0 spiro atoms. The van der Waals surface area contributed by atoms with E-state index in [1.807, 2.05) is 6.07 Å². The number of amides is 1. The Balaban J connectivity index is 1.15. The number of carbonyl (C=O) groups is 1. The molecule has 2 aromatic carbocycles. The molecule has 0 bridgehead atoms. The van der Waals surface area contributed by atoms with E-state index in [9.17, 15) is 4.79 Å². The summed E-state index contributed by atoms with van der Waals surface area (Å²) in [6, 6.07) is 17.8. The van der Waals surface area contributed by atoms with Crippen LogP contribution >= 0.6 is 11.6 Å². The lowest BCUT2D eigenvalue weighted by Crippen LogP contribution is -2.36. The Morgan fingerprint density at radius 3 is 2.68 bits per heavy atom. The molecule has 1 amide bonds. The highest BCUT2D eigenvalue weighted by Crippen LogP contribution is 2.22. The first-order chi connectivity index (χ1) is 15.2. The smallest absolute Gasteiger partial charge is 0.308 e. The van der Waals surface area contributed by atoms with Crippen LogP contribution in [0.1, 0.15) is 35.5 Å². The second-order valence-electron chi connectivity index (χ2n) is 8.01. The third kappa shape index (κ3) is 6.15. The summed E-state index contributed by atoms with van der Waals surface area (Å²) in [4.78, 5) is 14.8. The fourth-order valence-electron chi connectivity index (χ4n) is 3.99. The van der Waals surface area contributed by atoms with Crippen molar-refractivity contribution in [1.82, 2.24) is 20.4 Å². The van der Waals surface area contributed by atoms with Crippen molar-refractivity contribution >= 4 is 17.5 Å². The highest BCUT2D eigenvalue weighted by atomic mass is 35.5. The van der Waals surface area contributed by atoms with Gasteiger partial charge in [-0.2, -0.15) is 0 Å². The van der Waals surface area contributed by atoms with Gasteiger partial charge in [0.2, 0.25) is 5.89 Å². The Labute approximate surface area is 187 Å². The Kier molecular flexibility index (Phi) is 7.33. The lowest BCUT2D eigenvalue weighted by Gasteiger charge is -2.32. The Morgan fingerprint density at radius 1 is 1.10 bits per heavy atom. The molecule has 0 saturated carbocycles. The van der Waals surface area contributed by atoms with Crippen molar-refractivity contribution in [3.05, 3.63) is 71.1 Å². The molecule has 162 valence electrons. The van der Waals surface area contributed by atoms with Gasteiger partial charge in [-0.05, 0) is 75.0 Å². The Hall–Kier alpha value is -2.70. The molecule has 1 aromatic heterocycles. The maximum Gasteiger partial charge on any atom is 0.308 e. The number of nitrogens with one attached hydrogen (secondary N) is 1. The molecule has 0 atom stereocenters. The summed E-state index contributed by atoms with van der Waals surface area (Å²) < 4.78 is 5.49. The second-order valence-corrected chi connectivity index (χ2v) is 8.44. The lowest BCUT2D eigenvalue weighted by molar-refractivity contribution is 0.0916. The Bertz CT molecular complexity index is 984. The van der Waals surface area contributed by atoms with E-state index >= 15 is 0 Å². The number of hydrogen-bond donors (Lipinski definition) is 1. The first-order valence-electron chi connectivity index (χ1n) is 10.8. The van der Waals surface area contributed by atoms with Crippen molar-refractivity contribution in [2.75, 3.05) is 26.2 Å². The van der Waals surface area contributed by atoms with E-state index in [4.69, 9.17) is 16.0 Å². The third-order valence-corrected chi connectivity index (χ3v) is 5.94. The summed E-state index contributed by atoms with van der Waals surface area (Å²) in [7, 11) is 0. The molecule has 1 N–H and O–H groups in total. The number of likely N-dealkylation sites (tertiary alicyclic amines) is 1. The third-order valence-electron chi connectivity index (χ3n) is 5.70. The second kappa shape index (κ2) is 10.6. The van der Waals surface area contributed by atoms with Gasteiger partial charge in [-0.15, -0.1) is 10.2 Å². The molecular weight excluding hydrogens is 412 g/mol. The first kappa shape index (κ1) is 21.5. The summed E-state index contributed by atoms with van der Waals surface area (Å²) in [5, 5.41) is 11.2. The van der Waals surface area contributed by atoms with Gasteiger partial charge in [-0.1, -0.05) is 48.0 Å². The summed E-state index contributed by atoms with van der Waals surface area (Å²) in [6.45, 7) is 3.81. The molecule has 1 fully saturated rings. The van der Waals surface area contributed by atoms with E-state index in [-0.39, 0.29) is 17.7 Å². The van der Waals surface area contributed by atoms with Crippen molar-refractivity contribution in [3.8, 4) is 11.5 Å². The SMILES string of the molecule is O=C(NCCCN1CCC(Cc2ccccc2)CC1)c1nnc(-c2cccc(Cl)c2)o1. The molecule has 1 saturated heterocycles. The maximum atomic E-state index is 12.3. The van der Waals surface area contributed by atoms with Crippen LogP contribution in [0.3, 0.4) is 0 Å². The standard InChI is InChI=1S/C24H27ClN4O2/c25-21-9-4-8-20(17-21)23-27-28-24(31-23)22(30)26-12-5-13-29-14-10-19(11-15-29)16-18-6-2-1-3-7-18/h1-4,6-9,17,19H,5,10-16H2,(H,26,30). The molecule has 4 rings (SSSR count). The molecular formula is C24H27ClN4O2. The molecule has 0 aliphatic carbocycles. The zero-order valence-corrected chi connectivity index (χ0v) is 18.2. The molecule has 1 aliphatic rings. The minimum absolute atomic E-state index is 0.0308. The van der Waals surface area contributed by atoms with Crippen LogP contribution in [0.25, 0.3) is 11.5 Å². The predicted molar refractivity (Wildman–Crippen MR) is 121 cm³/mol. The van der Waals surface area contributed by atoms with Crippen LogP contribution in [0.4, 0.5) is 0 Å². The minimum Gasteiger partial charge on any atom is -0.412 e. The predicted octanol–water partition coefficient (Wildman–Crippen LogP) is 4.46. The number of benzene rings is 2. The van der Waals surface area contributed by atoms with Crippen LogP contribution in [0, 0.1) is 5.92 Å². The van der Waals surface area contributed by atoms with Crippen LogP contribution in [-0.2, 0) is 6.42 Å². The lowest BCUT2D eigenvalue weighted by atomic mass is 9.90.